The number of pyridine rings is 1. The molecule has 18 heavy (non-hydrogen) atoms. The molecule has 1 aliphatic rings. The molecule has 0 saturated heterocycles. The molecule has 0 saturated carbocycles. The van der Waals surface area contributed by atoms with Gasteiger partial charge in [0.25, 0.3) is 0 Å². The summed E-state index contributed by atoms with van der Waals surface area (Å²) < 4.78 is 0. The maximum atomic E-state index is 6.06. The second-order valence-electron chi connectivity index (χ2n) is 4.81. The maximum absolute atomic E-state index is 6.06. The quantitative estimate of drug-likeness (QED) is 0.829. The second-order valence-corrected chi connectivity index (χ2v) is 4.81. The van der Waals surface area contributed by atoms with Crippen LogP contribution < -0.4 is 5.73 Å². The van der Waals surface area contributed by atoms with Crippen molar-refractivity contribution in [2.75, 3.05) is 0 Å². The van der Waals surface area contributed by atoms with Crippen molar-refractivity contribution < 1.29 is 0 Å². The molecule has 2 heterocycles. The Labute approximate surface area is 106 Å². The number of aromatic nitrogens is 3. The number of hydrogen-bond donors (Lipinski definition) is 1. The van der Waals surface area contributed by atoms with Crippen molar-refractivity contribution in [3.05, 3.63) is 41.3 Å². The zero-order valence-corrected chi connectivity index (χ0v) is 10.4. The van der Waals surface area contributed by atoms with Gasteiger partial charge in [0.2, 0.25) is 0 Å². The van der Waals surface area contributed by atoms with E-state index < -0.39 is 0 Å². The second kappa shape index (κ2) is 4.46. The van der Waals surface area contributed by atoms with Gasteiger partial charge in [-0.15, -0.1) is 0 Å². The van der Waals surface area contributed by atoms with Crippen LogP contribution in [0.1, 0.15) is 35.7 Å². The highest BCUT2D eigenvalue weighted by Gasteiger charge is 2.19. The number of rotatable bonds is 1. The van der Waals surface area contributed by atoms with Crippen LogP contribution in [0.15, 0.2) is 24.5 Å². The topological polar surface area (TPSA) is 64.7 Å². The predicted octanol–water partition coefficient (Wildman–Crippen LogP) is 2.18. The highest BCUT2D eigenvalue weighted by atomic mass is 14.9. The Bertz CT molecular complexity index is 580. The molecule has 0 bridgehead atoms. The zero-order valence-electron chi connectivity index (χ0n) is 10.4. The van der Waals surface area contributed by atoms with Gasteiger partial charge in [0.15, 0.2) is 5.82 Å². The fourth-order valence-electron chi connectivity index (χ4n) is 2.36. The summed E-state index contributed by atoms with van der Waals surface area (Å²) in [5.41, 5.74) is 10.2. The molecule has 4 heteroatoms. The summed E-state index contributed by atoms with van der Waals surface area (Å²) in [5, 5.41) is 0. The Morgan fingerprint density at radius 2 is 2.22 bits per heavy atom. The summed E-state index contributed by atoms with van der Waals surface area (Å²) in [7, 11) is 0. The third kappa shape index (κ3) is 1.99. The molecule has 0 spiro atoms. The van der Waals surface area contributed by atoms with Crippen LogP contribution in [0.25, 0.3) is 11.5 Å². The van der Waals surface area contributed by atoms with E-state index in [4.69, 9.17) is 5.73 Å². The summed E-state index contributed by atoms with van der Waals surface area (Å²) in [4.78, 5) is 13.3. The van der Waals surface area contributed by atoms with E-state index in [1.54, 1.807) is 6.20 Å². The van der Waals surface area contributed by atoms with Gasteiger partial charge in [-0.3, -0.25) is 4.98 Å². The van der Waals surface area contributed by atoms with Gasteiger partial charge in [-0.2, -0.15) is 0 Å². The summed E-state index contributed by atoms with van der Waals surface area (Å²) in [6.07, 6.45) is 6.78. The molecule has 4 nitrogen and oxygen atoms in total. The molecule has 2 N–H and O–H groups in total. The van der Waals surface area contributed by atoms with E-state index in [0.29, 0.717) is 5.82 Å². The fraction of sp³-hybridized carbons (Fsp3) is 0.357. The van der Waals surface area contributed by atoms with Gasteiger partial charge in [-0.25, -0.2) is 9.97 Å². The van der Waals surface area contributed by atoms with Crippen molar-refractivity contribution in [2.45, 2.75) is 32.2 Å². The lowest BCUT2D eigenvalue weighted by Gasteiger charge is -2.20. The van der Waals surface area contributed by atoms with E-state index in [0.717, 1.165) is 41.8 Å². The minimum Gasteiger partial charge on any atom is -0.324 e. The van der Waals surface area contributed by atoms with Crippen molar-refractivity contribution in [3.63, 3.8) is 0 Å². The van der Waals surface area contributed by atoms with Crippen LogP contribution in [0.3, 0.4) is 0 Å². The molecule has 1 aliphatic carbocycles. The Morgan fingerprint density at radius 1 is 1.33 bits per heavy atom. The van der Waals surface area contributed by atoms with Gasteiger partial charge in [-0.1, -0.05) is 0 Å². The molecule has 0 fully saturated rings. The molecule has 0 radical (unpaired) electrons. The van der Waals surface area contributed by atoms with Crippen molar-refractivity contribution in [2.24, 2.45) is 5.73 Å². The van der Waals surface area contributed by atoms with Crippen molar-refractivity contribution in [1.82, 2.24) is 15.0 Å². The molecule has 2 aromatic heterocycles. The van der Waals surface area contributed by atoms with E-state index >= 15 is 0 Å². The van der Waals surface area contributed by atoms with E-state index in [1.165, 1.54) is 0 Å². The first kappa shape index (κ1) is 11.3. The standard InChI is InChI=1S/C14H16N4/c1-9-5-6-16-13(7-9)14-17-8-10-11(15)3-2-4-12(10)18-14/h5-8,11H,2-4,15H2,1H3. The summed E-state index contributed by atoms with van der Waals surface area (Å²) in [5.74, 6) is 0.701. The third-order valence-corrected chi connectivity index (χ3v) is 3.37. The van der Waals surface area contributed by atoms with Crippen LogP contribution in [-0.2, 0) is 6.42 Å². The van der Waals surface area contributed by atoms with Crippen LogP contribution in [-0.4, -0.2) is 15.0 Å². The minimum absolute atomic E-state index is 0.0910. The first-order chi connectivity index (χ1) is 8.74. The molecule has 0 aliphatic heterocycles. The lowest BCUT2D eigenvalue weighted by molar-refractivity contribution is 0.557. The summed E-state index contributed by atoms with van der Waals surface area (Å²) >= 11 is 0. The fourth-order valence-corrected chi connectivity index (χ4v) is 2.36. The Balaban J connectivity index is 2.04. The summed E-state index contributed by atoms with van der Waals surface area (Å²) in [6.45, 7) is 2.04. The van der Waals surface area contributed by atoms with Crippen LogP contribution >= 0.6 is 0 Å². The normalized spacial score (nSPS) is 18.4. The van der Waals surface area contributed by atoms with E-state index in [2.05, 4.69) is 15.0 Å². The van der Waals surface area contributed by atoms with Gasteiger partial charge in [0.1, 0.15) is 5.69 Å². The van der Waals surface area contributed by atoms with E-state index in [9.17, 15) is 0 Å². The predicted molar refractivity (Wildman–Crippen MR) is 69.9 cm³/mol. The highest BCUT2D eigenvalue weighted by molar-refractivity contribution is 5.50. The maximum Gasteiger partial charge on any atom is 0.178 e. The lowest BCUT2D eigenvalue weighted by Crippen LogP contribution is -2.19. The first-order valence-electron chi connectivity index (χ1n) is 6.28. The van der Waals surface area contributed by atoms with Crippen LogP contribution in [0.5, 0.6) is 0 Å². The molecule has 1 unspecified atom stereocenters. The Morgan fingerprint density at radius 3 is 3.06 bits per heavy atom. The monoisotopic (exact) mass is 240 g/mol. The average molecular weight is 240 g/mol. The molecule has 92 valence electrons. The number of hydrogen-bond acceptors (Lipinski definition) is 4. The van der Waals surface area contributed by atoms with Gasteiger partial charge >= 0.3 is 0 Å². The molecule has 2 aromatic rings. The number of nitrogens with zero attached hydrogens (tertiary/aromatic N) is 3. The van der Waals surface area contributed by atoms with Crippen LogP contribution in [0.4, 0.5) is 0 Å². The molecular weight excluding hydrogens is 224 g/mol. The largest absolute Gasteiger partial charge is 0.324 e. The van der Waals surface area contributed by atoms with Gasteiger partial charge < -0.3 is 5.73 Å². The third-order valence-electron chi connectivity index (χ3n) is 3.37. The van der Waals surface area contributed by atoms with Crippen molar-refractivity contribution in [3.8, 4) is 11.5 Å². The molecule has 0 aromatic carbocycles. The van der Waals surface area contributed by atoms with Gasteiger partial charge in [0.05, 0.1) is 0 Å². The smallest absolute Gasteiger partial charge is 0.178 e. The zero-order chi connectivity index (χ0) is 12.5. The van der Waals surface area contributed by atoms with Crippen molar-refractivity contribution in [1.29, 1.82) is 0 Å². The van der Waals surface area contributed by atoms with Crippen LogP contribution in [0.2, 0.25) is 0 Å². The lowest BCUT2D eigenvalue weighted by atomic mass is 9.93. The number of aryl methyl sites for hydroxylation is 2. The van der Waals surface area contributed by atoms with Gasteiger partial charge in [0, 0.05) is 29.7 Å². The van der Waals surface area contributed by atoms with Gasteiger partial charge in [-0.05, 0) is 43.9 Å². The molecule has 0 amide bonds. The average Bonchev–Trinajstić information content (AvgIpc) is 2.39. The number of fused-ring (bicyclic) bond motifs is 1. The Kier molecular flexibility index (Phi) is 2.80. The molecule has 3 rings (SSSR count). The van der Waals surface area contributed by atoms with Crippen molar-refractivity contribution >= 4 is 0 Å². The number of nitrogens with two attached hydrogens (primary N) is 1. The van der Waals surface area contributed by atoms with E-state index in [1.807, 2.05) is 25.3 Å². The highest BCUT2D eigenvalue weighted by Crippen LogP contribution is 2.27. The van der Waals surface area contributed by atoms with Crippen LogP contribution in [0, 0.1) is 6.92 Å². The van der Waals surface area contributed by atoms with E-state index in [-0.39, 0.29) is 6.04 Å². The molecular formula is C14H16N4. The first-order valence-corrected chi connectivity index (χ1v) is 6.28. The summed E-state index contributed by atoms with van der Waals surface area (Å²) in [6, 6.07) is 4.07. The minimum atomic E-state index is 0.0910. The SMILES string of the molecule is Cc1ccnc(-c2ncc3c(n2)CCCC3N)c1. The Hall–Kier alpha value is -1.81. The molecule has 1 atom stereocenters.